The molecule has 25 heavy (non-hydrogen) atoms. The third-order valence-electron chi connectivity index (χ3n) is 4.88. The Morgan fingerprint density at radius 3 is 2.88 bits per heavy atom. The summed E-state index contributed by atoms with van der Waals surface area (Å²) in [7, 11) is 0. The quantitative estimate of drug-likeness (QED) is 0.768. The first-order chi connectivity index (χ1) is 12.2. The van der Waals surface area contributed by atoms with Gasteiger partial charge in [-0.1, -0.05) is 24.3 Å². The zero-order valence-electron chi connectivity index (χ0n) is 14.7. The maximum Gasteiger partial charge on any atom is 0.189 e. The normalized spacial score (nSPS) is 20.2. The monoisotopic (exact) mass is 334 g/mol. The van der Waals surface area contributed by atoms with Gasteiger partial charge in [-0.15, -0.1) is 0 Å². The lowest BCUT2D eigenvalue weighted by Crippen LogP contribution is -2.13. The Morgan fingerprint density at radius 1 is 1.20 bits per heavy atom. The van der Waals surface area contributed by atoms with Gasteiger partial charge in [-0.25, -0.2) is 0 Å². The average molecular weight is 334 g/mol. The molecule has 1 heterocycles. The number of benzene rings is 2. The average Bonchev–Trinajstić information content (AvgIpc) is 2.97. The molecule has 0 radical (unpaired) electrons. The summed E-state index contributed by atoms with van der Waals surface area (Å²) in [5, 5.41) is 0. The van der Waals surface area contributed by atoms with Gasteiger partial charge >= 0.3 is 0 Å². The number of aryl methyl sites for hydroxylation is 1. The minimum absolute atomic E-state index is 0.124. The highest BCUT2D eigenvalue weighted by molar-refractivity contribution is 6.13. The van der Waals surface area contributed by atoms with Gasteiger partial charge in [-0.05, 0) is 50.5 Å². The number of Topliss-reactive ketones (excluding diaryl/α,β-unsaturated/α-hetero) is 1. The highest BCUT2D eigenvalue weighted by atomic mass is 16.5. The molecule has 0 saturated heterocycles. The molecule has 0 bridgehead atoms. The van der Waals surface area contributed by atoms with Crippen molar-refractivity contribution in [3.05, 3.63) is 64.2 Å². The predicted molar refractivity (Wildman–Crippen MR) is 98.5 cm³/mol. The molecule has 0 N–H and O–H groups in total. The van der Waals surface area contributed by atoms with E-state index < -0.39 is 0 Å². The van der Waals surface area contributed by atoms with Gasteiger partial charge in [0.15, 0.2) is 5.78 Å². The van der Waals surface area contributed by atoms with Gasteiger partial charge in [0, 0.05) is 28.7 Å². The minimum Gasteiger partial charge on any atom is -0.493 e. The first-order valence-electron chi connectivity index (χ1n) is 8.95. The topological polar surface area (TPSA) is 35.5 Å². The van der Waals surface area contributed by atoms with Gasteiger partial charge in [0.05, 0.1) is 6.61 Å². The van der Waals surface area contributed by atoms with Crippen LogP contribution in [0.3, 0.4) is 0 Å². The van der Waals surface area contributed by atoms with Crippen molar-refractivity contribution < 1.29 is 14.3 Å². The highest BCUT2D eigenvalue weighted by Gasteiger charge is 2.24. The lowest BCUT2D eigenvalue weighted by molar-refractivity contribution is 0.102. The van der Waals surface area contributed by atoms with Crippen LogP contribution in [-0.4, -0.2) is 18.5 Å². The zero-order chi connectivity index (χ0) is 17.4. The van der Waals surface area contributed by atoms with Gasteiger partial charge in [0.25, 0.3) is 0 Å². The standard InChI is InChI=1S/C22H22O3/c1-3-24-20-12-17-10-14(2)25-21(17)13-18(20)11-16-9-8-15-6-4-5-7-19(15)22(16)23/h4-7,11-14H,3,8-10H2,1-2H3/b16-11+/t14-/m0/s1. The number of hydrogen-bond acceptors (Lipinski definition) is 3. The van der Waals surface area contributed by atoms with Crippen LogP contribution < -0.4 is 9.47 Å². The van der Waals surface area contributed by atoms with Crippen molar-refractivity contribution >= 4 is 11.9 Å². The Morgan fingerprint density at radius 2 is 2.04 bits per heavy atom. The Kier molecular flexibility index (Phi) is 4.08. The smallest absolute Gasteiger partial charge is 0.189 e. The zero-order valence-corrected chi connectivity index (χ0v) is 14.7. The summed E-state index contributed by atoms with van der Waals surface area (Å²) < 4.78 is 11.7. The number of hydrogen-bond donors (Lipinski definition) is 0. The summed E-state index contributed by atoms with van der Waals surface area (Å²) in [6.07, 6.45) is 4.73. The second-order valence-electron chi connectivity index (χ2n) is 6.72. The van der Waals surface area contributed by atoms with E-state index in [0.29, 0.717) is 6.61 Å². The van der Waals surface area contributed by atoms with Crippen LogP contribution in [0.15, 0.2) is 42.0 Å². The summed E-state index contributed by atoms with van der Waals surface area (Å²) in [4.78, 5) is 12.8. The first-order valence-corrected chi connectivity index (χ1v) is 8.95. The molecule has 2 aliphatic rings. The Bertz CT molecular complexity index is 864. The SMILES string of the molecule is CCOc1cc2c(cc1/C=C1\CCc3ccccc3C1=O)O[C@@H](C)C2. The molecular formula is C22H22O3. The number of allylic oxidation sites excluding steroid dienone is 1. The number of carbonyl (C=O) groups excluding carboxylic acids is 1. The van der Waals surface area contributed by atoms with Gasteiger partial charge < -0.3 is 9.47 Å². The highest BCUT2D eigenvalue weighted by Crippen LogP contribution is 2.37. The molecule has 3 heteroatoms. The third-order valence-corrected chi connectivity index (χ3v) is 4.88. The summed E-state index contributed by atoms with van der Waals surface area (Å²) in [5.74, 6) is 1.86. The second kappa shape index (κ2) is 6.40. The van der Waals surface area contributed by atoms with Gasteiger partial charge in [-0.2, -0.15) is 0 Å². The van der Waals surface area contributed by atoms with Crippen molar-refractivity contribution in [2.45, 2.75) is 39.2 Å². The number of ether oxygens (including phenoxy) is 2. The van der Waals surface area contributed by atoms with E-state index in [2.05, 4.69) is 13.0 Å². The predicted octanol–water partition coefficient (Wildman–Crippen LogP) is 4.62. The van der Waals surface area contributed by atoms with Crippen molar-refractivity contribution in [3.8, 4) is 11.5 Å². The molecule has 1 aliphatic heterocycles. The van der Waals surface area contributed by atoms with E-state index in [1.54, 1.807) is 0 Å². The van der Waals surface area contributed by atoms with Crippen molar-refractivity contribution in [2.75, 3.05) is 6.61 Å². The molecule has 0 spiro atoms. The largest absolute Gasteiger partial charge is 0.493 e. The van der Waals surface area contributed by atoms with Crippen LogP contribution in [0.5, 0.6) is 11.5 Å². The third kappa shape index (κ3) is 2.95. The maximum absolute atomic E-state index is 12.8. The summed E-state index contributed by atoms with van der Waals surface area (Å²) in [6.45, 7) is 4.65. The molecule has 0 aromatic heterocycles. The van der Waals surface area contributed by atoms with Crippen molar-refractivity contribution in [1.82, 2.24) is 0 Å². The molecule has 128 valence electrons. The number of ketones is 1. The molecular weight excluding hydrogens is 312 g/mol. The molecule has 2 aromatic carbocycles. The fourth-order valence-corrected chi connectivity index (χ4v) is 3.69. The van der Waals surface area contributed by atoms with Crippen LogP contribution >= 0.6 is 0 Å². The van der Waals surface area contributed by atoms with Gasteiger partial charge in [0.2, 0.25) is 0 Å². The van der Waals surface area contributed by atoms with Crippen molar-refractivity contribution in [1.29, 1.82) is 0 Å². The van der Waals surface area contributed by atoms with Crippen LogP contribution in [0.25, 0.3) is 6.08 Å². The number of rotatable bonds is 3. The van der Waals surface area contributed by atoms with E-state index in [-0.39, 0.29) is 11.9 Å². The number of carbonyl (C=O) groups is 1. The minimum atomic E-state index is 0.124. The number of fused-ring (bicyclic) bond motifs is 2. The molecule has 1 aliphatic carbocycles. The van der Waals surface area contributed by atoms with E-state index in [0.717, 1.165) is 53.0 Å². The van der Waals surface area contributed by atoms with Crippen LogP contribution in [0.2, 0.25) is 0 Å². The van der Waals surface area contributed by atoms with E-state index in [4.69, 9.17) is 9.47 Å². The lowest BCUT2D eigenvalue weighted by Gasteiger charge is -2.18. The Hall–Kier alpha value is -2.55. The lowest BCUT2D eigenvalue weighted by atomic mass is 9.86. The fraction of sp³-hybridized carbons (Fsp3) is 0.318. The van der Waals surface area contributed by atoms with Crippen LogP contribution in [0.4, 0.5) is 0 Å². The van der Waals surface area contributed by atoms with E-state index in [9.17, 15) is 4.79 Å². The maximum atomic E-state index is 12.8. The molecule has 0 saturated carbocycles. The molecule has 1 atom stereocenters. The van der Waals surface area contributed by atoms with Gasteiger partial charge in [0.1, 0.15) is 17.6 Å². The summed E-state index contributed by atoms with van der Waals surface area (Å²) in [6, 6.07) is 12.0. The van der Waals surface area contributed by atoms with Crippen LogP contribution in [0, 0.1) is 0 Å². The van der Waals surface area contributed by atoms with E-state index in [1.807, 2.05) is 43.3 Å². The Labute approximate surface area is 148 Å². The summed E-state index contributed by atoms with van der Waals surface area (Å²) >= 11 is 0. The molecule has 0 fully saturated rings. The van der Waals surface area contributed by atoms with Crippen molar-refractivity contribution in [3.63, 3.8) is 0 Å². The van der Waals surface area contributed by atoms with Crippen LogP contribution in [-0.2, 0) is 12.8 Å². The molecule has 0 amide bonds. The molecule has 0 unspecified atom stereocenters. The molecule has 2 aromatic rings. The van der Waals surface area contributed by atoms with E-state index >= 15 is 0 Å². The first kappa shape index (κ1) is 15.9. The summed E-state index contributed by atoms with van der Waals surface area (Å²) in [5.41, 5.74) is 4.91. The second-order valence-corrected chi connectivity index (χ2v) is 6.72. The van der Waals surface area contributed by atoms with Gasteiger partial charge in [-0.3, -0.25) is 4.79 Å². The Balaban J connectivity index is 1.74. The molecule has 4 rings (SSSR count). The van der Waals surface area contributed by atoms with Crippen molar-refractivity contribution in [2.24, 2.45) is 0 Å². The van der Waals surface area contributed by atoms with Crippen LogP contribution in [0.1, 0.15) is 47.3 Å². The van der Waals surface area contributed by atoms with E-state index in [1.165, 1.54) is 5.56 Å². The molecule has 3 nitrogen and oxygen atoms in total. The fourth-order valence-electron chi connectivity index (χ4n) is 3.69.